The number of carbonyl (C=O) groups excluding carboxylic acids is 1. The lowest BCUT2D eigenvalue weighted by Crippen LogP contribution is -2.20. The summed E-state index contributed by atoms with van der Waals surface area (Å²) in [6.07, 6.45) is 3.37. The molecule has 0 heterocycles. The van der Waals surface area contributed by atoms with Gasteiger partial charge in [0, 0.05) is 9.50 Å². The number of rotatable bonds is 7. The predicted octanol–water partition coefficient (Wildman–Crippen LogP) is 5.77. The van der Waals surface area contributed by atoms with Crippen molar-refractivity contribution < 1.29 is 9.53 Å². The van der Waals surface area contributed by atoms with E-state index >= 15 is 0 Å². The number of halogens is 2. The van der Waals surface area contributed by atoms with E-state index in [4.69, 9.17) is 16.3 Å². The molecule has 2 rings (SSSR count). The fourth-order valence-electron chi connectivity index (χ4n) is 2.24. The number of amides is 1. The SMILES string of the molecule is CCCCc1ccc(NC(=O)COc2ccc(Cl)c(C)c2)c(Br)c1. The maximum atomic E-state index is 12.1. The first kappa shape index (κ1) is 18.8. The van der Waals surface area contributed by atoms with Gasteiger partial charge in [0.05, 0.1) is 5.69 Å². The maximum absolute atomic E-state index is 12.1. The molecule has 0 radical (unpaired) electrons. The average Bonchev–Trinajstić information content (AvgIpc) is 2.56. The minimum Gasteiger partial charge on any atom is -0.484 e. The van der Waals surface area contributed by atoms with Crippen molar-refractivity contribution in [3.63, 3.8) is 0 Å². The van der Waals surface area contributed by atoms with E-state index in [1.165, 1.54) is 5.56 Å². The molecule has 0 spiro atoms. The van der Waals surface area contributed by atoms with Crippen LogP contribution >= 0.6 is 27.5 Å². The number of unbranched alkanes of at least 4 members (excludes halogenated alkanes) is 1. The molecule has 0 saturated carbocycles. The molecule has 24 heavy (non-hydrogen) atoms. The molecule has 0 bridgehead atoms. The molecule has 3 nitrogen and oxygen atoms in total. The summed E-state index contributed by atoms with van der Waals surface area (Å²) >= 11 is 9.48. The Kier molecular flexibility index (Phi) is 7.13. The molecule has 0 atom stereocenters. The van der Waals surface area contributed by atoms with Crippen molar-refractivity contribution in [3.05, 3.63) is 57.0 Å². The van der Waals surface area contributed by atoms with E-state index in [0.717, 1.165) is 35.0 Å². The summed E-state index contributed by atoms with van der Waals surface area (Å²) in [5.74, 6) is 0.422. The summed E-state index contributed by atoms with van der Waals surface area (Å²) in [7, 11) is 0. The van der Waals surface area contributed by atoms with Gasteiger partial charge in [-0.2, -0.15) is 0 Å². The standard InChI is InChI=1S/C19H21BrClNO2/c1-3-4-5-14-6-9-18(16(20)11-14)22-19(23)12-24-15-7-8-17(21)13(2)10-15/h6-11H,3-5,12H2,1-2H3,(H,22,23). The highest BCUT2D eigenvalue weighted by molar-refractivity contribution is 9.10. The monoisotopic (exact) mass is 409 g/mol. The number of hydrogen-bond acceptors (Lipinski definition) is 2. The van der Waals surface area contributed by atoms with Crippen LogP contribution in [0, 0.1) is 6.92 Å². The van der Waals surface area contributed by atoms with Gasteiger partial charge in [-0.1, -0.05) is 31.0 Å². The third kappa shape index (κ3) is 5.53. The highest BCUT2D eigenvalue weighted by Gasteiger charge is 2.08. The van der Waals surface area contributed by atoms with E-state index in [1.54, 1.807) is 12.1 Å². The van der Waals surface area contributed by atoms with Crippen LogP contribution in [0.25, 0.3) is 0 Å². The molecule has 0 saturated heterocycles. The molecule has 0 aromatic heterocycles. The molecule has 0 aliphatic carbocycles. The largest absolute Gasteiger partial charge is 0.484 e. The van der Waals surface area contributed by atoms with Gasteiger partial charge in [-0.15, -0.1) is 0 Å². The van der Waals surface area contributed by atoms with Gasteiger partial charge in [-0.05, 0) is 77.2 Å². The molecular weight excluding hydrogens is 390 g/mol. The summed E-state index contributed by atoms with van der Waals surface area (Å²) in [4.78, 5) is 12.1. The van der Waals surface area contributed by atoms with Gasteiger partial charge < -0.3 is 10.1 Å². The van der Waals surface area contributed by atoms with Gasteiger partial charge in [0.2, 0.25) is 0 Å². The zero-order valence-corrected chi connectivity index (χ0v) is 16.2. The molecule has 1 amide bonds. The zero-order chi connectivity index (χ0) is 17.5. The number of nitrogens with one attached hydrogen (secondary N) is 1. The van der Waals surface area contributed by atoms with Gasteiger partial charge in [-0.3, -0.25) is 4.79 Å². The van der Waals surface area contributed by atoms with Crippen molar-refractivity contribution in [2.75, 3.05) is 11.9 Å². The Morgan fingerprint density at radius 2 is 2.04 bits per heavy atom. The number of anilines is 1. The van der Waals surface area contributed by atoms with Crippen LogP contribution in [0.3, 0.4) is 0 Å². The minimum absolute atomic E-state index is 0.0505. The van der Waals surface area contributed by atoms with Crippen LogP contribution in [0.4, 0.5) is 5.69 Å². The molecule has 2 aromatic carbocycles. The number of hydrogen-bond donors (Lipinski definition) is 1. The van der Waals surface area contributed by atoms with Crippen molar-refractivity contribution in [3.8, 4) is 5.75 Å². The molecule has 2 aromatic rings. The van der Waals surface area contributed by atoms with Crippen LogP contribution in [0.2, 0.25) is 5.02 Å². The molecular formula is C19H21BrClNO2. The quantitative estimate of drug-likeness (QED) is 0.629. The molecule has 128 valence electrons. The van der Waals surface area contributed by atoms with E-state index < -0.39 is 0 Å². The summed E-state index contributed by atoms with van der Waals surface area (Å²) in [6, 6.07) is 11.3. The predicted molar refractivity (Wildman–Crippen MR) is 103 cm³/mol. The topological polar surface area (TPSA) is 38.3 Å². The van der Waals surface area contributed by atoms with Crippen molar-refractivity contribution in [1.82, 2.24) is 0 Å². The molecule has 0 aliphatic heterocycles. The Hall–Kier alpha value is -1.52. The fraction of sp³-hybridized carbons (Fsp3) is 0.316. The minimum atomic E-state index is -0.204. The van der Waals surface area contributed by atoms with Crippen molar-refractivity contribution in [2.45, 2.75) is 33.1 Å². The Bertz CT molecular complexity index is 719. The van der Waals surface area contributed by atoms with E-state index in [-0.39, 0.29) is 12.5 Å². The lowest BCUT2D eigenvalue weighted by molar-refractivity contribution is -0.118. The van der Waals surface area contributed by atoms with Crippen LogP contribution in [0.1, 0.15) is 30.9 Å². The van der Waals surface area contributed by atoms with Crippen molar-refractivity contribution in [2.24, 2.45) is 0 Å². The average molecular weight is 411 g/mol. The van der Waals surface area contributed by atoms with Crippen LogP contribution in [-0.4, -0.2) is 12.5 Å². The summed E-state index contributed by atoms with van der Waals surface area (Å²) in [5, 5.41) is 3.53. The Labute approximate surface area is 156 Å². The highest BCUT2D eigenvalue weighted by atomic mass is 79.9. The molecule has 0 aliphatic rings. The zero-order valence-electron chi connectivity index (χ0n) is 13.9. The van der Waals surface area contributed by atoms with Gasteiger partial charge in [0.1, 0.15) is 5.75 Å². The normalized spacial score (nSPS) is 10.5. The molecule has 5 heteroatoms. The summed E-state index contributed by atoms with van der Waals surface area (Å²) in [5.41, 5.74) is 2.92. The lowest BCUT2D eigenvalue weighted by Gasteiger charge is -2.11. The van der Waals surface area contributed by atoms with Gasteiger partial charge in [0.15, 0.2) is 6.61 Å². The van der Waals surface area contributed by atoms with Crippen molar-refractivity contribution in [1.29, 1.82) is 0 Å². The second-order valence-electron chi connectivity index (χ2n) is 5.67. The van der Waals surface area contributed by atoms with Crippen molar-refractivity contribution >= 4 is 39.1 Å². The number of carbonyl (C=O) groups is 1. The van der Waals surface area contributed by atoms with Gasteiger partial charge in [0.25, 0.3) is 5.91 Å². The first-order valence-electron chi connectivity index (χ1n) is 7.97. The Morgan fingerprint density at radius 3 is 2.71 bits per heavy atom. The number of aryl methyl sites for hydroxylation is 2. The second kappa shape index (κ2) is 9.09. The van der Waals surface area contributed by atoms with Crippen LogP contribution in [-0.2, 0) is 11.2 Å². The molecule has 1 N–H and O–H groups in total. The smallest absolute Gasteiger partial charge is 0.262 e. The van der Waals surface area contributed by atoms with Crippen LogP contribution in [0.15, 0.2) is 40.9 Å². The summed E-state index contributed by atoms with van der Waals surface area (Å²) < 4.78 is 6.39. The third-order valence-electron chi connectivity index (χ3n) is 3.63. The maximum Gasteiger partial charge on any atom is 0.262 e. The second-order valence-corrected chi connectivity index (χ2v) is 6.93. The first-order chi connectivity index (χ1) is 11.5. The van der Waals surface area contributed by atoms with Crippen LogP contribution in [0.5, 0.6) is 5.75 Å². The van der Waals surface area contributed by atoms with E-state index in [9.17, 15) is 4.79 Å². The highest BCUT2D eigenvalue weighted by Crippen LogP contribution is 2.25. The van der Waals surface area contributed by atoms with E-state index in [1.807, 2.05) is 25.1 Å². The first-order valence-corrected chi connectivity index (χ1v) is 9.14. The fourth-order valence-corrected chi connectivity index (χ4v) is 2.88. The third-order valence-corrected chi connectivity index (χ3v) is 4.71. The van der Waals surface area contributed by atoms with E-state index in [0.29, 0.717) is 10.8 Å². The van der Waals surface area contributed by atoms with E-state index in [2.05, 4.69) is 34.2 Å². The number of ether oxygens (including phenoxy) is 1. The van der Waals surface area contributed by atoms with Crippen LogP contribution < -0.4 is 10.1 Å². The van der Waals surface area contributed by atoms with Gasteiger partial charge >= 0.3 is 0 Å². The van der Waals surface area contributed by atoms with Gasteiger partial charge in [-0.25, -0.2) is 0 Å². The number of benzene rings is 2. The molecule has 0 fully saturated rings. The Morgan fingerprint density at radius 1 is 1.25 bits per heavy atom. The lowest BCUT2D eigenvalue weighted by atomic mass is 10.1. The molecule has 0 unspecified atom stereocenters. The summed E-state index contributed by atoms with van der Waals surface area (Å²) in [6.45, 7) is 4.02. The Balaban J connectivity index is 1.90.